The first-order valence-corrected chi connectivity index (χ1v) is 16.7. The van der Waals surface area contributed by atoms with Gasteiger partial charge in [0.2, 0.25) is 0 Å². The molecule has 0 radical (unpaired) electrons. The average Bonchev–Trinajstić information content (AvgIpc) is 3.75. The van der Waals surface area contributed by atoms with Crippen LogP contribution in [0.15, 0.2) is 174 Å². The van der Waals surface area contributed by atoms with Gasteiger partial charge in [0, 0.05) is 49.5 Å². The van der Waals surface area contributed by atoms with Gasteiger partial charge in [0.05, 0.1) is 11.0 Å². The predicted molar refractivity (Wildman–Crippen MR) is 203 cm³/mol. The molecule has 5 heteroatoms. The second kappa shape index (κ2) is 11.4. The highest BCUT2D eigenvalue weighted by atomic mass is 16.3. The van der Waals surface area contributed by atoms with Crippen molar-refractivity contribution in [2.45, 2.75) is 0 Å². The van der Waals surface area contributed by atoms with Crippen molar-refractivity contribution in [3.8, 4) is 51.0 Å². The molecule has 0 unspecified atom stereocenters. The lowest BCUT2D eigenvalue weighted by Crippen LogP contribution is -2.00. The molecule has 50 heavy (non-hydrogen) atoms. The summed E-state index contributed by atoms with van der Waals surface area (Å²) in [6.45, 7) is 0. The third-order valence-electron chi connectivity index (χ3n) is 9.46. The van der Waals surface area contributed by atoms with Gasteiger partial charge in [-0.3, -0.25) is 0 Å². The van der Waals surface area contributed by atoms with Gasteiger partial charge in [-0.15, -0.1) is 0 Å². The first-order valence-electron chi connectivity index (χ1n) is 16.7. The molecular formula is C45H28N4O. The van der Waals surface area contributed by atoms with E-state index in [0.717, 1.165) is 77.2 Å². The molecule has 0 amide bonds. The molecular weight excluding hydrogens is 613 g/mol. The normalized spacial score (nSPS) is 11.6. The van der Waals surface area contributed by atoms with Gasteiger partial charge >= 0.3 is 0 Å². The zero-order valence-corrected chi connectivity index (χ0v) is 26.9. The number of benzene rings is 7. The first-order chi connectivity index (χ1) is 24.8. The van der Waals surface area contributed by atoms with E-state index in [1.54, 1.807) is 0 Å². The van der Waals surface area contributed by atoms with Crippen molar-refractivity contribution in [1.82, 2.24) is 19.5 Å². The monoisotopic (exact) mass is 640 g/mol. The number of rotatable bonds is 5. The summed E-state index contributed by atoms with van der Waals surface area (Å²) in [4.78, 5) is 15.4. The quantitative estimate of drug-likeness (QED) is 0.188. The third-order valence-corrected chi connectivity index (χ3v) is 9.46. The Kier molecular flexibility index (Phi) is 6.42. The van der Waals surface area contributed by atoms with Gasteiger partial charge in [0.15, 0.2) is 17.5 Å². The highest BCUT2D eigenvalue weighted by Gasteiger charge is 2.20. The standard InChI is InChI=1S/C45H28N4O/c1-3-14-29(15-4-1)43-46-44(31-17-11-16-30(28-31)33-22-12-23-35-34-20-8-10-27-40(34)50-42(33)35)48-45(47-43)37-24-13-26-39-41(37)36-21-7-9-25-38(36)49(39)32-18-5-2-6-19-32/h1-28H. The van der Waals surface area contributed by atoms with E-state index in [9.17, 15) is 0 Å². The fraction of sp³-hybridized carbons (Fsp3) is 0. The molecule has 10 aromatic rings. The SMILES string of the molecule is c1ccc(-c2nc(-c3cccc(-c4cccc5c4oc4ccccc45)c3)nc(-c3cccc4c3c3ccccc3n4-c3ccccc3)n2)cc1. The van der Waals surface area contributed by atoms with Gasteiger partial charge in [-0.1, -0.05) is 133 Å². The van der Waals surface area contributed by atoms with Gasteiger partial charge in [0.1, 0.15) is 11.2 Å². The minimum Gasteiger partial charge on any atom is -0.455 e. The van der Waals surface area contributed by atoms with Gasteiger partial charge in [-0.25, -0.2) is 15.0 Å². The van der Waals surface area contributed by atoms with Crippen LogP contribution in [0.1, 0.15) is 0 Å². The molecule has 0 N–H and O–H groups in total. The molecule has 0 bridgehead atoms. The lowest BCUT2D eigenvalue weighted by Gasteiger charge is -2.11. The van der Waals surface area contributed by atoms with E-state index in [4.69, 9.17) is 19.4 Å². The molecule has 0 saturated heterocycles. The lowest BCUT2D eigenvalue weighted by atomic mass is 10.00. The Hall–Kier alpha value is -6.85. The number of nitrogens with zero attached hydrogens (tertiary/aromatic N) is 4. The molecule has 234 valence electrons. The molecule has 0 spiro atoms. The van der Waals surface area contributed by atoms with E-state index < -0.39 is 0 Å². The Balaban J connectivity index is 1.20. The topological polar surface area (TPSA) is 56.7 Å². The van der Waals surface area contributed by atoms with E-state index in [2.05, 4.69) is 120 Å². The van der Waals surface area contributed by atoms with E-state index in [0.29, 0.717) is 17.5 Å². The number of hydrogen-bond acceptors (Lipinski definition) is 4. The largest absolute Gasteiger partial charge is 0.455 e. The summed E-state index contributed by atoms with van der Waals surface area (Å²) in [6, 6.07) is 58.5. The number of aromatic nitrogens is 4. The Morgan fingerprint density at radius 2 is 0.980 bits per heavy atom. The number of hydrogen-bond donors (Lipinski definition) is 0. The van der Waals surface area contributed by atoms with Crippen molar-refractivity contribution in [2.24, 2.45) is 0 Å². The summed E-state index contributed by atoms with van der Waals surface area (Å²) >= 11 is 0. The Bertz CT molecular complexity index is 2870. The fourth-order valence-corrected chi connectivity index (χ4v) is 7.20. The highest BCUT2D eigenvalue weighted by molar-refractivity contribution is 6.15. The van der Waals surface area contributed by atoms with Crippen molar-refractivity contribution in [2.75, 3.05) is 0 Å². The summed E-state index contributed by atoms with van der Waals surface area (Å²) in [5.74, 6) is 1.86. The maximum absolute atomic E-state index is 6.40. The molecule has 0 aliphatic carbocycles. The highest BCUT2D eigenvalue weighted by Crippen LogP contribution is 2.39. The van der Waals surface area contributed by atoms with E-state index in [-0.39, 0.29) is 0 Å². The molecule has 3 aromatic heterocycles. The molecule has 10 rings (SSSR count). The van der Waals surface area contributed by atoms with Crippen LogP contribution in [0.5, 0.6) is 0 Å². The van der Waals surface area contributed by atoms with Gasteiger partial charge in [-0.2, -0.15) is 0 Å². The van der Waals surface area contributed by atoms with Crippen molar-refractivity contribution >= 4 is 43.7 Å². The average molecular weight is 641 g/mol. The lowest BCUT2D eigenvalue weighted by molar-refractivity contribution is 0.670. The van der Waals surface area contributed by atoms with Crippen LogP contribution in [0.2, 0.25) is 0 Å². The van der Waals surface area contributed by atoms with Crippen LogP contribution in [0, 0.1) is 0 Å². The maximum atomic E-state index is 6.40. The minimum atomic E-state index is 0.608. The fourth-order valence-electron chi connectivity index (χ4n) is 7.20. The molecule has 0 atom stereocenters. The second-order valence-electron chi connectivity index (χ2n) is 12.4. The molecule has 3 heterocycles. The zero-order chi connectivity index (χ0) is 33.0. The van der Waals surface area contributed by atoms with Crippen molar-refractivity contribution < 1.29 is 4.42 Å². The van der Waals surface area contributed by atoms with Crippen molar-refractivity contribution in [3.63, 3.8) is 0 Å². The number of para-hydroxylation sites is 4. The van der Waals surface area contributed by atoms with Crippen molar-refractivity contribution in [3.05, 3.63) is 170 Å². The molecule has 0 aliphatic rings. The van der Waals surface area contributed by atoms with Crippen molar-refractivity contribution in [1.29, 1.82) is 0 Å². The van der Waals surface area contributed by atoms with Crippen LogP contribution in [-0.4, -0.2) is 19.5 Å². The van der Waals surface area contributed by atoms with E-state index >= 15 is 0 Å². The summed E-state index contributed by atoms with van der Waals surface area (Å²) in [7, 11) is 0. The number of furan rings is 1. The van der Waals surface area contributed by atoms with E-state index in [1.807, 2.05) is 54.6 Å². The number of fused-ring (bicyclic) bond motifs is 6. The van der Waals surface area contributed by atoms with Crippen LogP contribution < -0.4 is 0 Å². The Morgan fingerprint density at radius 3 is 1.84 bits per heavy atom. The van der Waals surface area contributed by atoms with E-state index in [1.165, 1.54) is 0 Å². The zero-order valence-electron chi connectivity index (χ0n) is 26.9. The van der Waals surface area contributed by atoms with Crippen LogP contribution in [0.4, 0.5) is 0 Å². The van der Waals surface area contributed by atoms with Gasteiger partial charge in [-0.05, 0) is 42.0 Å². The summed E-state index contributed by atoms with van der Waals surface area (Å²) in [6.07, 6.45) is 0. The Labute approximate surface area is 287 Å². The second-order valence-corrected chi connectivity index (χ2v) is 12.4. The van der Waals surface area contributed by atoms with Crippen LogP contribution in [0.3, 0.4) is 0 Å². The first kappa shape index (κ1) is 28.2. The maximum Gasteiger partial charge on any atom is 0.164 e. The summed E-state index contributed by atoms with van der Waals surface area (Å²) in [5.41, 5.74) is 9.92. The molecule has 5 nitrogen and oxygen atoms in total. The summed E-state index contributed by atoms with van der Waals surface area (Å²) < 4.78 is 8.72. The van der Waals surface area contributed by atoms with Gasteiger partial charge in [0.25, 0.3) is 0 Å². The molecule has 0 aliphatic heterocycles. The minimum absolute atomic E-state index is 0.608. The molecule has 0 saturated carbocycles. The molecule has 7 aromatic carbocycles. The van der Waals surface area contributed by atoms with Crippen LogP contribution in [0.25, 0.3) is 94.7 Å². The predicted octanol–water partition coefficient (Wildman–Crippen LogP) is 11.5. The smallest absolute Gasteiger partial charge is 0.164 e. The Morgan fingerprint density at radius 1 is 0.400 bits per heavy atom. The van der Waals surface area contributed by atoms with Crippen LogP contribution >= 0.6 is 0 Å². The van der Waals surface area contributed by atoms with Crippen LogP contribution in [-0.2, 0) is 0 Å². The van der Waals surface area contributed by atoms with Gasteiger partial charge < -0.3 is 8.98 Å². The summed E-state index contributed by atoms with van der Waals surface area (Å²) in [5, 5.41) is 4.46. The molecule has 0 fully saturated rings. The third kappa shape index (κ3) is 4.52.